The maximum absolute atomic E-state index is 11.8. The molecule has 0 heterocycles. The summed E-state index contributed by atoms with van der Waals surface area (Å²) in [6.07, 6.45) is 3.83. The number of carbonyl (C=O) groups is 1. The van der Waals surface area contributed by atoms with Crippen LogP contribution in [0.4, 0.5) is 0 Å². The molecule has 2 aliphatic rings. The minimum absolute atomic E-state index is 0.0310. The van der Waals surface area contributed by atoms with E-state index in [0.717, 1.165) is 18.4 Å². The van der Waals surface area contributed by atoms with Gasteiger partial charge < -0.3 is 15.7 Å². The highest BCUT2D eigenvalue weighted by Gasteiger charge is 2.49. The number of carbonyl (C=O) groups excluding carboxylic acids is 1. The Morgan fingerprint density at radius 1 is 1.30 bits per heavy atom. The summed E-state index contributed by atoms with van der Waals surface area (Å²) in [6.45, 7) is 0.955. The summed E-state index contributed by atoms with van der Waals surface area (Å²) >= 11 is 0. The van der Waals surface area contributed by atoms with Gasteiger partial charge >= 0.3 is 0 Å². The van der Waals surface area contributed by atoms with E-state index in [1.54, 1.807) is 0 Å². The van der Waals surface area contributed by atoms with Crippen molar-refractivity contribution in [2.45, 2.75) is 37.8 Å². The number of aliphatic hydroxyl groups excluding tert-OH is 1. The topological polar surface area (TPSA) is 61.4 Å². The molecule has 1 aromatic rings. The molecule has 4 nitrogen and oxygen atoms in total. The number of benzene rings is 1. The molecule has 3 rings (SSSR count). The molecule has 0 aromatic heterocycles. The molecule has 1 amide bonds. The Bertz CT molecular complexity index is 467. The van der Waals surface area contributed by atoms with E-state index in [1.807, 2.05) is 30.3 Å². The van der Waals surface area contributed by atoms with Crippen molar-refractivity contribution in [1.29, 1.82) is 0 Å². The van der Waals surface area contributed by atoms with E-state index in [0.29, 0.717) is 19.1 Å². The highest BCUT2D eigenvalue weighted by atomic mass is 16.3. The second-order valence-corrected chi connectivity index (χ2v) is 6.11. The standard InChI is InChI=1S/C16H22N2O2/c19-14(10-17-13-6-7-13)18-11-16(8-9-16)15(20)12-4-2-1-3-5-12/h1-5,13,15,17,20H,6-11H2,(H,18,19). The zero-order chi connectivity index (χ0) is 14.0. The van der Waals surface area contributed by atoms with Crippen LogP contribution in [-0.2, 0) is 4.79 Å². The minimum Gasteiger partial charge on any atom is -0.388 e. The molecule has 0 spiro atoms. The third kappa shape index (κ3) is 3.19. The van der Waals surface area contributed by atoms with E-state index in [-0.39, 0.29) is 11.3 Å². The van der Waals surface area contributed by atoms with Crippen LogP contribution in [0, 0.1) is 5.41 Å². The predicted molar refractivity (Wildman–Crippen MR) is 77.1 cm³/mol. The molecule has 108 valence electrons. The maximum atomic E-state index is 11.8. The van der Waals surface area contributed by atoms with Gasteiger partial charge in [0.2, 0.25) is 5.91 Å². The van der Waals surface area contributed by atoms with Crippen LogP contribution >= 0.6 is 0 Å². The van der Waals surface area contributed by atoms with E-state index >= 15 is 0 Å². The van der Waals surface area contributed by atoms with Gasteiger partial charge in [-0.3, -0.25) is 4.79 Å². The summed E-state index contributed by atoms with van der Waals surface area (Å²) in [5.41, 5.74) is 0.784. The van der Waals surface area contributed by atoms with E-state index < -0.39 is 6.10 Å². The van der Waals surface area contributed by atoms with Gasteiger partial charge in [-0.2, -0.15) is 0 Å². The highest BCUT2D eigenvalue weighted by molar-refractivity contribution is 5.78. The third-order valence-corrected chi connectivity index (χ3v) is 4.35. The van der Waals surface area contributed by atoms with Crippen LogP contribution in [0.1, 0.15) is 37.4 Å². The number of nitrogens with one attached hydrogen (secondary N) is 2. The number of hydrogen-bond acceptors (Lipinski definition) is 3. The second-order valence-electron chi connectivity index (χ2n) is 6.11. The Morgan fingerprint density at radius 3 is 2.60 bits per heavy atom. The van der Waals surface area contributed by atoms with Crippen molar-refractivity contribution in [2.24, 2.45) is 5.41 Å². The molecular weight excluding hydrogens is 252 g/mol. The van der Waals surface area contributed by atoms with Crippen molar-refractivity contribution in [2.75, 3.05) is 13.1 Å². The van der Waals surface area contributed by atoms with Crippen LogP contribution < -0.4 is 10.6 Å². The molecule has 0 radical (unpaired) electrons. The van der Waals surface area contributed by atoms with Crippen molar-refractivity contribution in [1.82, 2.24) is 10.6 Å². The SMILES string of the molecule is O=C(CNC1CC1)NCC1(C(O)c2ccccc2)CC1. The fourth-order valence-corrected chi connectivity index (χ4v) is 2.56. The average molecular weight is 274 g/mol. The lowest BCUT2D eigenvalue weighted by Crippen LogP contribution is -2.39. The fourth-order valence-electron chi connectivity index (χ4n) is 2.56. The quantitative estimate of drug-likeness (QED) is 0.704. The van der Waals surface area contributed by atoms with Gasteiger partial charge in [0, 0.05) is 18.0 Å². The molecule has 2 fully saturated rings. The van der Waals surface area contributed by atoms with Gasteiger partial charge in [0.25, 0.3) is 0 Å². The summed E-state index contributed by atoms with van der Waals surface area (Å²) < 4.78 is 0. The largest absolute Gasteiger partial charge is 0.388 e. The van der Waals surface area contributed by atoms with Crippen molar-refractivity contribution < 1.29 is 9.90 Å². The van der Waals surface area contributed by atoms with Crippen molar-refractivity contribution in [3.05, 3.63) is 35.9 Å². The Morgan fingerprint density at radius 2 is 2.00 bits per heavy atom. The van der Waals surface area contributed by atoms with Crippen LogP contribution in [0.25, 0.3) is 0 Å². The van der Waals surface area contributed by atoms with Gasteiger partial charge in [-0.15, -0.1) is 0 Å². The van der Waals surface area contributed by atoms with Gasteiger partial charge in [-0.25, -0.2) is 0 Å². The molecule has 0 saturated heterocycles. The number of rotatable bonds is 7. The molecule has 20 heavy (non-hydrogen) atoms. The minimum atomic E-state index is -0.486. The molecule has 3 N–H and O–H groups in total. The molecule has 4 heteroatoms. The molecule has 0 bridgehead atoms. The Kier molecular flexibility index (Phi) is 3.76. The first-order valence-corrected chi connectivity index (χ1v) is 7.43. The Labute approximate surface area is 119 Å². The van der Waals surface area contributed by atoms with E-state index in [4.69, 9.17) is 0 Å². The lowest BCUT2D eigenvalue weighted by Gasteiger charge is -2.23. The maximum Gasteiger partial charge on any atom is 0.233 e. The summed E-state index contributed by atoms with van der Waals surface area (Å²) in [5.74, 6) is 0.0310. The lowest BCUT2D eigenvalue weighted by molar-refractivity contribution is -0.120. The second kappa shape index (κ2) is 5.54. The molecule has 2 aliphatic carbocycles. The van der Waals surface area contributed by atoms with Crippen LogP contribution in [0.5, 0.6) is 0 Å². The van der Waals surface area contributed by atoms with E-state index in [1.165, 1.54) is 12.8 Å². The zero-order valence-corrected chi connectivity index (χ0v) is 11.6. The Hall–Kier alpha value is -1.39. The van der Waals surface area contributed by atoms with Crippen molar-refractivity contribution in [3.8, 4) is 0 Å². The van der Waals surface area contributed by atoms with Gasteiger partial charge in [0.1, 0.15) is 0 Å². The van der Waals surface area contributed by atoms with E-state index in [2.05, 4.69) is 10.6 Å². The molecule has 1 aromatic carbocycles. The van der Waals surface area contributed by atoms with Crippen LogP contribution in [0.15, 0.2) is 30.3 Å². The van der Waals surface area contributed by atoms with Gasteiger partial charge in [-0.1, -0.05) is 30.3 Å². The third-order valence-electron chi connectivity index (χ3n) is 4.35. The van der Waals surface area contributed by atoms with Gasteiger partial charge in [-0.05, 0) is 31.2 Å². The molecule has 2 saturated carbocycles. The summed E-state index contributed by atoms with van der Waals surface area (Å²) in [7, 11) is 0. The monoisotopic (exact) mass is 274 g/mol. The van der Waals surface area contributed by atoms with Crippen LogP contribution in [0.3, 0.4) is 0 Å². The first-order valence-electron chi connectivity index (χ1n) is 7.43. The molecule has 1 atom stereocenters. The number of aliphatic hydroxyl groups is 1. The average Bonchev–Trinajstić information content (AvgIpc) is 3.38. The van der Waals surface area contributed by atoms with E-state index in [9.17, 15) is 9.90 Å². The normalized spacial score (nSPS) is 21.2. The molecular formula is C16H22N2O2. The number of amides is 1. The molecule has 0 aliphatic heterocycles. The van der Waals surface area contributed by atoms with Crippen LogP contribution in [-0.4, -0.2) is 30.1 Å². The predicted octanol–water partition coefficient (Wildman–Crippen LogP) is 1.37. The summed E-state index contributed by atoms with van der Waals surface area (Å²) in [4.78, 5) is 11.8. The van der Waals surface area contributed by atoms with Crippen LogP contribution in [0.2, 0.25) is 0 Å². The zero-order valence-electron chi connectivity index (χ0n) is 11.6. The van der Waals surface area contributed by atoms with Crippen molar-refractivity contribution in [3.63, 3.8) is 0 Å². The summed E-state index contributed by atoms with van der Waals surface area (Å²) in [5, 5.41) is 16.6. The fraction of sp³-hybridized carbons (Fsp3) is 0.562. The highest BCUT2D eigenvalue weighted by Crippen LogP contribution is 2.54. The first-order chi connectivity index (χ1) is 9.70. The first kappa shape index (κ1) is 13.6. The molecule has 1 unspecified atom stereocenters. The smallest absolute Gasteiger partial charge is 0.233 e. The Balaban J connectivity index is 1.49. The lowest BCUT2D eigenvalue weighted by atomic mass is 9.92. The number of hydrogen-bond donors (Lipinski definition) is 3. The summed E-state index contributed by atoms with van der Waals surface area (Å²) in [6, 6.07) is 10.3. The van der Waals surface area contributed by atoms with Gasteiger partial charge in [0.05, 0.1) is 12.6 Å². The van der Waals surface area contributed by atoms with Crippen molar-refractivity contribution >= 4 is 5.91 Å². The van der Waals surface area contributed by atoms with Gasteiger partial charge in [0.15, 0.2) is 0 Å².